The lowest BCUT2D eigenvalue weighted by molar-refractivity contribution is 0.0303. The Hall–Kier alpha value is -1.06. The highest BCUT2D eigenvalue weighted by molar-refractivity contribution is 5.40. The number of ether oxygens (including phenoxy) is 1. The van der Waals surface area contributed by atoms with Crippen LogP contribution in [0.15, 0.2) is 18.2 Å². The molecule has 0 saturated heterocycles. The van der Waals surface area contributed by atoms with Crippen molar-refractivity contribution in [2.24, 2.45) is 0 Å². The van der Waals surface area contributed by atoms with E-state index in [1.807, 2.05) is 13.8 Å². The molecule has 0 bridgehead atoms. The Morgan fingerprint density at radius 1 is 1.37 bits per heavy atom. The van der Waals surface area contributed by atoms with Crippen molar-refractivity contribution in [3.8, 4) is 5.75 Å². The molecule has 1 heterocycles. The molecular weight excluding hydrogens is 238 g/mol. The van der Waals surface area contributed by atoms with Gasteiger partial charge in [0.2, 0.25) is 0 Å². The molecule has 3 heteroatoms. The van der Waals surface area contributed by atoms with Gasteiger partial charge in [-0.2, -0.15) is 0 Å². The number of rotatable bonds is 6. The molecule has 1 unspecified atom stereocenters. The van der Waals surface area contributed by atoms with E-state index in [1.54, 1.807) is 0 Å². The average Bonchev–Trinajstić information content (AvgIpc) is 2.91. The lowest BCUT2D eigenvalue weighted by Gasteiger charge is -2.27. The van der Waals surface area contributed by atoms with Gasteiger partial charge >= 0.3 is 0 Å². The Labute approximate surface area is 116 Å². The zero-order chi connectivity index (χ0) is 13.9. The maximum absolute atomic E-state index is 10.3. The molecule has 0 fully saturated rings. The fraction of sp³-hybridized carbons (Fsp3) is 0.625. The van der Waals surface area contributed by atoms with Gasteiger partial charge in [-0.05, 0) is 37.0 Å². The Balaban J connectivity index is 1.98. The van der Waals surface area contributed by atoms with Gasteiger partial charge in [0.25, 0.3) is 0 Å². The van der Waals surface area contributed by atoms with Crippen molar-refractivity contribution in [2.45, 2.75) is 51.7 Å². The van der Waals surface area contributed by atoms with Crippen LogP contribution in [0.1, 0.15) is 50.8 Å². The van der Waals surface area contributed by atoms with E-state index in [0.717, 1.165) is 31.6 Å². The van der Waals surface area contributed by atoms with E-state index in [2.05, 4.69) is 30.4 Å². The molecule has 1 aromatic rings. The highest BCUT2D eigenvalue weighted by atomic mass is 16.5. The number of fused-ring (bicyclic) bond motifs is 1. The molecule has 0 radical (unpaired) electrons. The van der Waals surface area contributed by atoms with Crippen LogP contribution in [0.25, 0.3) is 0 Å². The Kier molecular flexibility index (Phi) is 4.48. The molecule has 0 aromatic heterocycles. The van der Waals surface area contributed by atoms with E-state index < -0.39 is 5.60 Å². The topological polar surface area (TPSA) is 41.5 Å². The SMILES string of the molecule is CCC(O)(CC)CNC(C)c1ccc2c(c1)CCO2. The molecule has 2 rings (SSSR count). The average molecular weight is 263 g/mol. The van der Waals surface area contributed by atoms with E-state index in [1.165, 1.54) is 11.1 Å². The summed E-state index contributed by atoms with van der Waals surface area (Å²) in [6, 6.07) is 6.63. The maximum Gasteiger partial charge on any atom is 0.122 e. The van der Waals surface area contributed by atoms with Gasteiger partial charge in [-0.1, -0.05) is 26.0 Å². The van der Waals surface area contributed by atoms with Gasteiger partial charge in [-0.15, -0.1) is 0 Å². The first-order valence-corrected chi connectivity index (χ1v) is 7.29. The first-order valence-electron chi connectivity index (χ1n) is 7.29. The number of hydrogen-bond acceptors (Lipinski definition) is 3. The van der Waals surface area contributed by atoms with Crippen LogP contribution in [-0.4, -0.2) is 23.9 Å². The fourth-order valence-corrected chi connectivity index (χ4v) is 2.44. The van der Waals surface area contributed by atoms with Gasteiger partial charge in [0.1, 0.15) is 5.75 Å². The van der Waals surface area contributed by atoms with Crippen molar-refractivity contribution in [1.29, 1.82) is 0 Å². The van der Waals surface area contributed by atoms with Gasteiger partial charge in [0, 0.05) is 19.0 Å². The Morgan fingerprint density at radius 2 is 2.11 bits per heavy atom. The number of aliphatic hydroxyl groups is 1. The number of nitrogens with one attached hydrogen (secondary N) is 1. The summed E-state index contributed by atoms with van der Waals surface area (Å²) in [7, 11) is 0. The van der Waals surface area contributed by atoms with E-state index >= 15 is 0 Å². The minimum Gasteiger partial charge on any atom is -0.493 e. The molecule has 0 amide bonds. The monoisotopic (exact) mass is 263 g/mol. The largest absolute Gasteiger partial charge is 0.493 e. The zero-order valence-corrected chi connectivity index (χ0v) is 12.2. The third-order valence-corrected chi connectivity index (χ3v) is 4.27. The third-order valence-electron chi connectivity index (χ3n) is 4.27. The molecule has 1 aliphatic rings. The first-order chi connectivity index (χ1) is 9.08. The fourth-order valence-electron chi connectivity index (χ4n) is 2.44. The Bertz CT molecular complexity index is 427. The molecule has 1 aliphatic heterocycles. The van der Waals surface area contributed by atoms with E-state index in [-0.39, 0.29) is 6.04 Å². The quantitative estimate of drug-likeness (QED) is 0.829. The normalized spacial score (nSPS) is 16.0. The molecule has 0 spiro atoms. The van der Waals surface area contributed by atoms with Crippen molar-refractivity contribution in [3.05, 3.63) is 29.3 Å². The van der Waals surface area contributed by atoms with Gasteiger partial charge in [0.05, 0.1) is 12.2 Å². The lowest BCUT2D eigenvalue weighted by atomic mass is 9.96. The van der Waals surface area contributed by atoms with E-state index in [4.69, 9.17) is 4.74 Å². The Morgan fingerprint density at radius 3 is 2.79 bits per heavy atom. The molecule has 19 heavy (non-hydrogen) atoms. The van der Waals surface area contributed by atoms with Crippen molar-refractivity contribution < 1.29 is 9.84 Å². The predicted molar refractivity (Wildman–Crippen MR) is 77.6 cm³/mol. The molecule has 0 saturated carbocycles. The minimum atomic E-state index is -0.589. The highest BCUT2D eigenvalue weighted by Gasteiger charge is 2.23. The second-order valence-electron chi connectivity index (χ2n) is 5.50. The van der Waals surface area contributed by atoms with Crippen LogP contribution >= 0.6 is 0 Å². The van der Waals surface area contributed by atoms with Crippen molar-refractivity contribution >= 4 is 0 Å². The molecule has 1 aromatic carbocycles. The minimum absolute atomic E-state index is 0.246. The predicted octanol–water partition coefficient (Wildman–Crippen LogP) is 2.82. The van der Waals surface area contributed by atoms with E-state index in [0.29, 0.717) is 6.54 Å². The van der Waals surface area contributed by atoms with Crippen molar-refractivity contribution in [2.75, 3.05) is 13.2 Å². The molecule has 3 nitrogen and oxygen atoms in total. The van der Waals surface area contributed by atoms with Gasteiger partial charge in [-0.3, -0.25) is 0 Å². The highest BCUT2D eigenvalue weighted by Crippen LogP contribution is 2.28. The second kappa shape index (κ2) is 5.93. The third kappa shape index (κ3) is 3.28. The second-order valence-corrected chi connectivity index (χ2v) is 5.50. The van der Waals surface area contributed by atoms with Crippen molar-refractivity contribution in [3.63, 3.8) is 0 Å². The summed E-state index contributed by atoms with van der Waals surface area (Å²) in [5.41, 5.74) is 1.97. The standard InChI is InChI=1S/C16H25NO2/c1-4-16(18,5-2)11-17-12(3)13-6-7-15-14(10-13)8-9-19-15/h6-7,10,12,17-18H,4-5,8-9,11H2,1-3H3. The molecule has 106 valence electrons. The van der Waals surface area contributed by atoms with Gasteiger partial charge in [-0.25, -0.2) is 0 Å². The van der Waals surface area contributed by atoms with Crippen LogP contribution in [0.3, 0.4) is 0 Å². The maximum atomic E-state index is 10.3. The van der Waals surface area contributed by atoms with Crippen LogP contribution in [0.4, 0.5) is 0 Å². The zero-order valence-electron chi connectivity index (χ0n) is 12.2. The summed E-state index contributed by atoms with van der Waals surface area (Å²) in [4.78, 5) is 0. The summed E-state index contributed by atoms with van der Waals surface area (Å²) in [6.45, 7) is 7.63. The van der Waals surface area contributed by atoms with Gasteiger partial charge in [0.15, 0.2) is 0 Å². The number of benzene rings is 1. The summed E-state index contributed by atoms with van der Waals surface area (Å²) in [5, 5.41) is 13.7. The van der Waals surface area contributed by atoms with Crippen LogP contribution in [-0.2, 0) is 6.42 Å². The summed E-state index contributed by atoms with van der Waals surface area (Å²) in [5.74, 6) is 1.02. The first kappa shape index (κ1) is 14.4. The number of hydrogen-bond donors (Lipinski definition) is 2. The lowest BCUT2D eigenvalue weighted by Crippen LogP contribution is -2.40. The molecule has 2 N–H and O–H groups in total. The summed E-state index contributed by atoms with van der Waals surface area (Å²) >= 11 is 0. The van der Waals surface area contributed by atoms with Gasteiger partial charge < -0.3 is 15.2 Å². The summed E-state index contributed by atoms with van der Waals surface area (Å²) < 4.78 is 5.52. The van der Waals surface area contributed by atoms with E-state index in [9.17, 15) is 5.11 Å². The molecule has 1 atom stereocenters. The van der Waals surface area contributed by atoms with Crippen LogP contribution in [0, 0.1) is 0 Å². The van der Waals surface area contributed by atoms with Crippen LogP contribution in [0.2, 0.25) is 0 Å². The molecular formula is C16H25NO2. The van der Waals surface area contributed by atoms with Crippen LogP contribution < -0.4 is 10.1 Å². The van der Waals surface area contributed by atoms with Crippen LogP contribution in [0.5, 0.6) is 5.75 Å². The molecule has 0 aliphatic carbocycles. The summed E-state index contributed by atoms with van der Waals surface area (Å²) in [6.07, 6.45) is 2.56. The van der Waals surface area contributed by atoms with Crippen molar-refractivity contribution in [1.82, 2.24) is 5.32 Å². The smallest absolute Gasteiger partial charge is 0.122 e.